The van der Waals surface area contributed by atoms with Gasteiger partial charge < -0.3 is 10.3 Å². The molecule has 2 rings (SSSR count). The summed E-state index contributed by atoms with van der Waals surface area (Å²) in [4.78, 5) is 4.91. The number of hydrogen-bond acceptors (Lipinski definition) is 3. The number of nitrogen functional groups attached to an aromatic ring is 1. The van der Waals surface area contributed by atoms with E-state index in [0.717, 1.165) is 23.6 Å². The summed E-state index contributed by atoms with van der Waals surface area (Å²) >= 11 is 0. The van der Waals surface area contributed by atoms with Crippen LogP contribution in [-0.2, 0) is 23.1 Å². The van der Waals surface area contributed by atoms with E-state index < -0.39 is 10.8 Å². The van der Waals surface area contributed by atoms with Crippen LogP contribution in [0.4, 0.5) is 5.69 Å². The average Bonchev–Trinajstić information content (AvgIpc) is 2.78. The highest BCUT2D eigenvalue weighted by Crippen LogP contribution is 2.14. The zero-order valence-corrected chi connectivity index (χ0v) is 11.2. The minimum absolute atomic E-state index is 0. The molecule has 1 unspecified atom stereocenters. The second-order valence-electron chi connectivity index (χ2n) is 4.14. The molecule has 1 heterocycles. The molecule has 0 aliphatic carbocycles. The van der Waals surface area contributed by atoms with Crippen molar-refractivity contribution in [3.8, 4) is 0 Å². The minimum atomic E-state index is -1.05. The second kappa shape index (κ2) is 7.09. The highest BCUT2D eigenvalue weighted by atomic mass is 32.2. The van der Waals surface area contributed by atoms with Crippen molar-refractivity contribution in [2.75, 3.05) is 5.73 Å². The van der Waals surface area contributed by atoms with Crippen molar-refractivity contribution in [3.05, 3.63) is 42.5 Å². The number of rotatable bonds is 5. The maximum Gasteiger partial charge on any atom is 0.0948 e. The molecule has 19 heavy (non-hydrogen) atoms. The van der Waals surface area contributed by atoms with Gasteiger partial charge in [-0.15, -0.1) is 0 Å². The van der Waals surface area contributed by atoms with Gasteiger partial charge in [0.1, 0.15) is 0 Å². The second-order valence-corrected chi connectivity index (χ2v) is 5.59. The minimum Gasteiger partial charge on any atom is -0.399 e. The summed E-state index contributed by atoms with van der Waals surface area (Å²) in [6.07, 6.45) is 4.61. The first kappa shape index (κ1) is 15.4. The molecule has 104 valence electrons. The first-order valence-electron chi connectivity index (χ1n) is 5.93. The molecule has 0 amide bonds. The van der Waals surface area contributed by atoms with Gasteiger partial charge in [0, 0.05) is 23.3 Å². The first-order valence-corrected chi connectivity index (χ1v) is 7.25. The lowest BCUT2D eigenvalue weighted by molar-refractivity contribution is 0.652. The summed E-state index contributed by atoms with van der Waals surface area (Å²) in [5.74, 6) is 0.490. The van der Waals surface area contributed by atoms with Gasteiger partial charge in [0.2, 0.25) is 0 Å². The van der Waals surface area contributed by atoms with Crippen molar-refractivity contribution in [1.82, 2.24) is 9.55 Å². The average molecular weight is 279 g/mol. The number of hydrogen-bond donors (Lipinski definition) is 1. The van der Waals surface area contributed by atoms with Crippen molar-refractivity contribution in [2.45, 2.75) is 38.0 Å². The number of nitrogens with two attached hydrogens (primary N) is 1. The zero-order valence-electron chi connectivity index (χ0n) is 10.4. The standard InChI is InChI=1S/C13H17N3OS.CH4/c1-2-7-16-10-15-8-12(16)9-18(17)13-5-3-11(14)4-6-13;/h3-6,8,10H,2,7,9,14H2,1H3;1H4. The normalized spacial score (nSPS) is 11.8. The maximum absolute atomic E-state index is 12.2. The zero-order chi connectivity index (χ0) is 13.0. The monoisotopic (exact) mass is 279 g/mol. The first-order chi connectivity index (χ1) is 8.70. The summed E-state index contributed by atoms with van der Waals surface area (Å²) < 4.78 is 14.3. The van der Waals surface area contributed by atoms with Gasteiger partial charge in [-0.3, -0.25) is 4.21 Å². The Balaban J connectivity index is 0.00000180. The summed E-state index contributed by atoms with van der Waals surface area (Å²) in [6.45, 7) is 3.02. The Morgan fingerprint density at radius 3 is 2.63 bits per heavy atom. The Labute approximate surface area is 117 Å². The molecule has 2 aromatic rings. The van der Waals surface area contributed by atoms with E-state index in [1.165, 1.54) is 0 Å². The summed E-state index contributed by atoms with van der Waals surface area (Å²) in [5.41, 5.74) is 7.31. The number of aryl methyl sites for hydroxylation is 1. The van der Waals surface area contributed by atoms with Gasteiger partial charge in [-0.2, -0.15) is 0 Å². The highest BCUT2D eigenvalue weighted by Gasteiger charge is 2.08. The fourth-order valence-corrected chi connectivity index (χ4v) is 2.86. The van der Waals surface area contributed by atoms with Crippen molar-refractivity contribution < 1.29 is 4.21 Å². The molecule has 0 saturated heterocycles. The van der Waals surface area contributed by atoms with Gasteiger partial charge in [-0.1, -0.05) is 14.4 Å². The van der Waals surface area contributed by atoms with Crippen molar-refractivity contribution in [1.29, 1.82) is 0 Å². The van der Waals surface area contributed by atoms with Gasteiger partial charge in [0.25, 0.3) is 0 Å². The van der Waals surface area contributed by atoms with Crippen LogP contribution in [0.2, 0.25) is 0 Å². The molecule has 4 nitrogen and oxygen atoms in total. The predicted octanol–water partition coefficient (Wildman–Crippen LogP) is 2.82. The molecule has 0 aliphatic heterocycles. The number of imidazole rings is 1. The van der Waals surface area contributed by atoms with Gasteiger partial charge in [-0.05, 0) is 30.7 Å². The number of nitrogens with zero attached hydrogens (tertiary/aromatic N) is 2. The molecule has 5 heteroatoms. The fraction of sp³-hybridized carbons (Fsp3) is 0.357. The van der Waals surface area contributed by atoms with Gasteiger partial charge in [-0.25, -0.2) is 4.98 Å². The molecule has 0 radical (unpaired) electrons. The van der Waals surface area contributed by atoms with Crippen LogP contribution in [0.1, 0.15) is 26.5 Å². The number of benzene rings is 1. The summed E-state index contributed by atoms with van der Waals surface area (Å²) in [7, 11) is -1.05. The molecule has 0 aliphatic rings. The quantitative estimate of drug-likeness (QED) is 0.856. The van der Waals surface area contributed by atoms with Crippen LogP contribution in [0.5, 0.6) is 0 Å². The lowest BCUT2D eigenvalue weighted by atomic mass is 10.3. The summed E-state index contributed by atoms with van der Waals surface area (Å²) in [5, 5.41) is 0. The molecule has 0 saturated carbocycles. The van der Waals surface area contributed by atoms with E-state index in [0.29, 0.717) is 11.4 Å². The third kappa shape index (κ3) is 3.92. The SMILES string of the molecule is C.CCCn1cncc1CS(=O)c1ccc(N)cc1. The molecule has 1 aromatic heterocycles. The van der Waals surface area contributed by atoms with E-state index in [1.54, 1.807) is 24.7 Å². The van der Waals surface area contributed by atoms with Crippen LogP contribution in [-0.4, -0.2) is 13.8 Å². The van der Waals surface area contributed by atoms with Crippen LogP contribution in [0.15, 0.2) is 41.7 Å². The van der Waals surface area contributed by atoms with E-state index in [2.05, 4.69) is 16.5 Å². The van der Waals surface area contributed by atoms with Crippen LogP contribution in [0.3, 0.4) is 0 Å². The molecule has 0 fully saturated rings. The Hall–Kier alpha value is -1.62. The smallest absolute Gasteiger partial charge is 0.0948 e. The van der Waals surface area contributed by atoms with Gasteiger partial charge >= 0.3 is 0 Å². The Morgan fingerprint density at radius 2 is 2.00 bits per heavy atom. The van der Waals surface area contributed by atoms with Crippen molar-refractivity contribution in [3.63, 3.8) is 0 Å². The third-order valence-corrected chi connectivity index (χ3v) is 4.04. The predicted molar refractivity (Wildman–Crippen MR) is 80.2 cm³/mol. The maximum atomic E-state index is 12.2. The van der Waals surface area contributed by atoms with Crippen LogP contribution < -0.4 is 5.73 Å². The Bertz CT molecular complexity index is 534. The topological polar surface area (TPSA) is 60.9 Å². The van der Waals surface area contributed by atoms with E-state index in [4.69, 9.17) is 5.73 Å². The fourth-order valence-electron chi connectivity index (χ4n) is 1.75. The molecule has 0 bridgehead atoms. The van der Waals surface area contributed by atoms with Crippen molar-refractivity contribution >= 4 is 16.5 Å². The largest absolute Gasteiger partial charge is 0.399 e. The Morgan fingerprint density at radius 1 is 1.32 bits per heavy atom. The molecular weight excluding hydrogens is 258 g/mol. The number of aromatic nitrogens is 2. The molecule has 1 aromatic carbocycles. The van der Waals surface area contributed by atoms with Crippen molar-refractivity contribution in [2.24, 2.45) is 0 Å². The molecule has 2 N–H and O–H groups in total. The number of anilines is 1. The van der Waals surface area contributed by atoms with Gasteiger partial charge in [0.05, 0.1) is 28.6 Å². The third-order valence-electron chi connectivity index (χ3n) is 2.69. The van der Waals surface area contributed by atoms with E-state index >= 15 is 0 Å². The molecule has 1 atom stereocenters. The molecular formula is C14H21N3OS. The van der Waals surface area contributed by atoms with Crippen LogP contribution in [0, 0.1) is 0 Å². The highest BCUT2D eigenvalue weighted by molar-refractivity contribution is 7.84. The van der Waals surface area contributed by atoms with E-state index in [-0.39, 0.29) is 7.43 Å². The Kier molecular flexibility index (Phi) is 5.76. The van der Waals surface area contributed by atoms with E-state index in [9.17, 15) is 4.21 Å². The van der Waals surface area contributed by atoms with Crippen LogP contribution in [0.25, 0.3) is 0 Å². The van der Waals surface area contributed by atoms with Crippen LogP contribution >= 0.6 is 0 Å². The van der Waals surface area contributed by atoms with Gasteiger partial charge in [0.15, 0.2) is 0 Å². The summed E-state index contributed by atoms with van der Waals surface area (Å²) in [6, 6.07) is 7.17. The molecule has 0 spiro atoms. The lowest BCUT2D eigenvalue weighted by Gasteiger charge is -2.06. The lowest BCUT2D eigenvalue weighted by Crippen LogP contribution is -2.05. The van der Waals surface area contributed by atoms with E-state index in [1.807, 2.05) is 12.1 Å².